The van der Waals surface area contributed by atoms with Gasteiger partial charge in [-0.05, 0) is 6.07 Å². The Morgan fingerprint density at radius 3 is 2.93 bits per heavy atom. The van der Waals surface area contributed by atoms with E-state index in [1.54, 1.807) is 0 Å². The van der Waals surface area contributed by atoms with Gasteiger partial charge in [0.05, 0.1) is 16.4 Å². The Labute approximate surface area is 85.3 Å². The van der Waals surface area contributed by atoms with Gasteiger partial charge in [0.1, 0.15) is 5.82 Å². The lowest BCUT2D eigenvalue weighted by atomic mass is 10.2. The molecule has 0 saturated heterocycles. The Balaban J connectivity index is 2.46. The highest BCUT2D eigenvalue weighted by Crippen LogP contribution is 2.29. The lowest BCUT2D eigenvalue weighted by molar-refractivity contribution is -0.115. The highest BCUT2D eigenvalue weighted by atomic mass is 35.5. The smallest absolute Gasteiger partial charge is 0.226 e. The number of carbonyl (C=O) groups excluding carboxylic acids is 1. The minimum absolute atomic E-state index is 0.0485. The summed E-state index contributed by atoms with van der Waals surface area (Å²) in [4.78, 5) is 11.1. The van der Waals surface area contributed by atoms with E-state index in [1.165, 1.54) is 12.1 Å². The maximum Gasteiger partial charge on any atom is 0.226 e. The molecule has 2 rings (SSSR count). The van der Waals surface area contributed by atoms with Crippen molar-refractivity contribution in [1.29, 1.82) is 0 Å². The lowest BCUT2D eigenvalue weighted by Gasteiger charge is -2.08. The van der Waals surface area contributed by atoms with Crippen LogP contribution >= 0.6 is 11.6 Å². The summed E-state index contributed by atoms with van der Waals surface area (Å²) in [7, 11) is 0. The third-order valence-corrected chi connectivity index (χ3v) is 2.29. The van der Waals surface area contributed by atoms with Crippen molar-refractivity contribution in [3.63, 3.8) is 0 Å². The third-order valence-electron chi connectivity index (χ3n) is 2.00. The van der Waals surface area contributed by atoms with Crippen LogP contribution in [0.2, 0.25) is 5.02 Å². The molecule has 1 aliphatic rings. The van der Waals surface area contributed by atoms with E-state index < -0.39 is 5.82 Å². The van der Waals surface area contributed by atoms with Crippen LogP contribution in [0.1, 0.15) is 6.42 Å². The first-order chi connectivity index (χ1) is 6.66. The molecule has 1 aromatic carbocycles. The van der Waals surface area contributed by atoms with Gasteiger partial charge in [-0.1, -0.05) is 11.6 Å². The molecule has 5 heteroatoms. The third kappa shape index (κ3) is 1.65. The summed E-state index contributed by atoms with van der Waals surface area (Å²) in [6, 6.07) is 2.69. The predicted octanol–water partition coefficient (Wildman–Crippen LogP) is 2.23. The number of hydrogen-bond donors (Lipinski definition) is 2. The van der Waals surface area contributed by atoms with E-state index in [-0.39, 0.29) is 10.9 Å². The molecule has 1 amide bonds. The van der Waals surface area contributed by atoms with E-state index in [4.69, 9.17) is 11.6 Å². The Hall–Kier alpha value is -1.29. The number of amides is 1. The van der Waals surface area contributed by atoms with Crippen molar-refractivity contribution in [3.8, 4) is 0 Å². The van der Waals surface area contributed by atoms with Crippen LogP contribution in [0.3, 0.4) is 0 Å². The first kappa shape index (κ1) is 9.27. The fourth-order valence-corrected chi connectivity index (χ4v) is 1.48. The number of rotatable bonds is 0. The molecule has 1 heterocycles. The molecule has 0 unspecified atom stereocenters. The average Bonchev–Trinajstić information content (AvgIpc) is 2.28. The number of benzene rings is 1. The molecule has 1 aliphatic heterocycles. The van der Waals surface area contributed by atoms with Gasteiger partial charge in [0.25, 0.3) is 0 Å². The van der Waals surface area contributed by atoms with Gasteiger partial charge < -0.3 is 10.6 Å². The highest BCUT2D eigenvalue weighted by molar-refractivity contribution is 6.31. The number of fused-ring (bicyclic) bond motifs is 1. The zero-order valence-electron chi connectivity index (χ0n) is 7.23. The summed E-state index contributed by atoms with van der Waals surface area (Å²) < 4.78 is 13.1. The summed E-state index contributed by atoms with van der Waals surface area (Å²) in [6.07, 6.45) is 0.369. The van der Waals surface area contributed by atoms with Crippen LogP contribution < -0.4 is 10.6 Å². The van der Waals surface area contributed by atoms with Gasteiger partial charge in [0.2, 0.25) is 5.91 Å². The van der Waals surface area contributed by atoms with Crippen molar-refractivity contribution in [3.05, 3.63) is 23.0 Å². The van der Waals surface area contributed by atoms with Crippen LogP contribution in [-0.2, 0) is 4.79 Å². The second kappa shape index (κ2) is 3.46. The number of carbonyl (C=O) groups is 1. The van der Waals surface area contributed by atoms with E-state index in [1.807, 2.05) is 0 Å². The monoisotopic (exact) mass is 214 g/mol. The van der Waals surface area contributed by atoms with Crippen LogP contribution in [0, 0.1) is 5.82 Å². The van der Waals surface area contributed by atoms with Crippen molar-refractivity contribution in [2.75, 3.05) is 17.2 Å². The Bertz CT molecular complexity index is 395. The molecule has 0 atom stereocenters. The minimum atomic E-state index is -0.533. The zero-order valence-corrected chi connectivity index (χ0v) is 7.99. The average molecular weight is 215 g/mol. The standard InChI is InChI=1S/C9H8ClFN2O/c10-5-3-7-8(4-6(5)11)13-9(14)1-2-12-7/h3-4,12H,1-2H2,(H,13,14). The molecule has 0 saturated carbocycles. The summed E-state index contributed by atoms with van der Waals surface area (Å²) >= 11 is 5.61. The van der Waals surface area contributed by atoms with E-state index >= 15 is 0 Å². The van der Waals surface area contributed by atoms with E-state index in [0.29, 0.717) is 24.3 Å². The normalized spacial score (nSPS) is 15.1. The number of hydrogen-bond acceptors (Lipinski definition) is 2. The molecule has 0 bridgehead atoms. The van der Waals surface area contributed by atoms with Gasteiger partial charge in [-0.3, -0.25) is 4.79 Å². The van der Waals surface area contributed by atoms with E-state index in [9.17, 15) is 9.18 Å². The predicted molar refractivity (Wildman–Crippen MR) is 53.1 cm³/mol. The molecule has 3 nitrogen and oxygen atoms in total. The number of anilines is 2. The molecule has 1 aromatic rings. The van der Waals surface area contributed by atoms with Gasteiger partial charge in [0, 0.05) is 19.0 Å². The molecule has 0 aromatic heterocycles. The maximum atomic E-state index is 13.1. The van der Waals surface area contributed by atoms with Crippen molar-refractivity contribution in [1.82, 2.24) is 0 Å². The van der Waals surface area contributed by atoms with Crippen LogP contribution in [-0.4, -0.2) is 12.5 Å². The summed E-state index contributed by atoms with van der Waals surface area (Å²) in [5.41, 5.74) is 1.09. The molecular formula is C9H8ClFN2O. The van der Waals surface area contributed by atoms with Crippen LogP contribution in [0.4, 0.5) is 15.8 Å². The molecule has 0 spiro atoms. The molecule has 0 radical (unpaired) electrons. The SMILES string of the molecule is O=C1CCNc2cc(Cl)c(F)cc2N1. The summed E-state index contributed by atoms with van der Waals surface area (Å²) in [6.45, 7) is 0.529. The Morgan fingerprint density at radius 2 is 2.14 bits per heavy atom. The lowest BCUT2D eigenvalue weighted by Crippen LogP contribution is -2.10. The molecular weight excluding hydrogens is 207 g/mol. The van der Waals surface area contributed by atoms with Gasteiger partial charge in [-0.2, -0.15) is 0 Å². The highest BCUT2D eigenvalue weighted by Gasteiger charge is 2.14. The molecule has 14 heavy (non-hydrogen) atoms. The van der Waals surface area contributed by atoms with Gasteiger partial charge >= 0.3 is 0 Å². The van der Waals surface area contributed by atoms with Crippen LogP contribution in [0.25, 0.3) is 0 Å². The zero-order chi connectivity index (χ0) is 10.1. The second-order valence-electron chi connectivity index (χ2n) is 3.04. The summed E-state index contributed by atoms with van der Waals surface area (Å²) in [5, 5.41) is 5.63. The summed E-state index contributed by atoms with van der Waals surface area (Å²) in [5.74, 6) is -0.660. The number of halogens is 2. The quantitative estimate of drug-likeness (QED) is 0.696. The van der Waals surface area contributed by atoms with Gasteiger partial charge in [-0.15, -0.1) is 0 Å². The molecule has 74 valence electrons. The molecule has 0 fully saturated rings. The topological polar surface area (TPSA) is 41.1 Å². The fourth-order valence-electron chi connectivity index (χ4n) is 1.32. The van der Waals surface area contributed by atoms with E-state index in [0.717, 1.165) is 0 Å². The van der Waals surface area contributed by atoms with Crippen molar-refractivity contribution in [2.45, 2.75) is 6.42 Å². The minimum Gasteiger partial charge on any atom is -0.383 e. The molecule has 2 N–H and O–H groups in total. The molecule has 0 aliphatic carbocycles. The Kier molecular flexibility index (Phi) is 2.29. The van der Waals surface area contributed by atoms with Crippen LogP contribution in [0.5, 0.6) is 0 Å². The van der Waals surface area contributed by atoms with E-state index in [2.05, 4.69) is 10.6 Å². The number of nitrogens with one attached hydrogen (secondary N) is 2. The van der Waals surface area contributed by atoms with Crippen molar-refractivity contribution in [2.24, 2.45) is 0 Å². The first-order valence-electron chi connectivity index (χ1n) is 4.19. The second-order valence-corrected chi connectivity index (χ2v) is 3.44. The van der Waals surface area contributed by atoms with Crippen LogP contribution in [0.15, 0.2) is 12.1 Å². The maximum absolute atomic E-state index is 13.1. The Morgan fingerprint density at radius 1 is 1.36 bits per heavy atom. The van der Waals surface area contributed by atoms with Crippen molar-refractivity contribution < 1.29 is 9.18 Å². The van der Waals surface area contributed by atoms with Gasteiger partial charge in [0.15, 0.2) is 0 Å². The largest absolute Gasteiger partial charge is 0.383 e. The fraction of sp³-hybridized carbons (Fsp3) is 0.222. The van der Waals surface area contributed by atoms with Gasteiger partial charge in [-0.25, -0.2) is 4.39 Å². The van der Waals surface area contributed by atoms with Crippen molar-refractivity contribution >= 4 is 28.9 Å². The first-order valence-corrected chi connectivity index (χ1v) is 4.57.